The van der Waals surface area contributed by atoms with Crippen LogP contribution in [-0.4, -0.2) is 85.3 Å². The van der Waals surface area contributed by atoms with E-state index in [0.29, 0.717) is 5.56 Å². The summed E-state index contributed by atoms with van der Waals surface area (Å²) in [6, 6.07) is 3.21. The van der Waals surface area contributed by atoms with Crippen LogP contribution in [0.15, 0.2) is 35.1 Å². The summed E-state index contributed by atoms with van der Waals surface area (Å²) in [5.74, 6) is -7.77. The highest BCUT2D eigenvalue weighted by Gasteiger charge is 2.69. The number of nitrogens with one attached hydrogen (secondary N) is 1. The Kier molecular flexibility index (Phi) is 5.91. The van der Waals surface area contributed by atoms with Gasteiger partial charge < -0.3 is 30.8 Å². The highest BCUT2D eigenvalue weighted by atomic mass is 16.4. The SMILES string of the molecule is CN(C)C1C(=O)C(C(=O)NC(C)(C)C)=C(O)C2(O)C(=O)C3=C(O)c4c(O)cccc4C(C)(C)C3C(O)C12. The van der Waals surface area contributed by atoms with Crippen LogP contribution in [0.5, 0.6) is 5.75 Å². The predicted molar refractivity (Wildman–Crippen MR) is 134 cm³/mol. The molecule has 5 atom stereocenters. The first kappa shape index (κ1) is 26.8. The number of benzene rings is 1. The molecule has 1 aromatic rings. The number of amides is 1. The number of nitrogens with zero attached hydrogens (tertiary/aromatic N) is 1. The van der Waals surface area contributed by atoms with E-state index in [2.05, 4.69) is 5.32 Å². The molecule has 37 heavy (non-hydrogen) atoms. The number of hydrogen-bond acceptors (Lipinski definition) is 9. The molecule has 10 nitrogen and oxygen atoms in total. The molecule has 5 unspecified atom stereocenters. The van der Waals surface area contributed by atoms with E-state index in [-0.39, 0.29) is 16.9 Å². The van der Waals surface area contributed by atoms with Crippen LogP contribution in [0, 0.1) is 11.8 Å². The highest BCUT2D eigenvalue weighted by Crippen LogP contribution is 2.57. The van der Waals surface area contributed by atoms with Gasteiger partial charge >= 0.3 is 0 Å². The maximum Gasteiger partial charge on any atom is 0.258 e. The van der Waals surface area contributed by atoms with Crippen molar-refractivity contribution in [1.82, 2.24) is 10.2 Å². The molecule has 0 spiro atoms. The maximum absolute atomic E-state index is 14.1. The Morgan fingerprint density at radius 1 is 1.08 bits per heavy atom. The molecule has 1 aromatic carbocycles. The second-order valence-electron chi connectivity index (χ2n) is 12.0. The summed E-state index contributed by atoms with van der Waals surface area (Å²) >= 11 is 0. The number of aliphatic hydroxyl groups excluding tert-OH is 3. The summed E-state index contributed by atoms with van der Waals surface area (Å²) in [4.78, 5) is 42.2. The summed E-state index contributed by atoms with van der Waals surface area (Å²) in [6.07, 6.45) is -1.61. The van der Waals surface area contributed by atoms with Gasteiger partial charge in [-0.05, 0) is 46.5 Å². The quantitative estimate of drug-likeness (QED) is 0.317. The molecule has 6 N–H and O–H groups in total. The predicted octanol–water partition coefficient (Wildman–Crippen LogP) is 1.10. The largest absolute Gasteiger partial charge is 0.508 e. The number of rotatable bonds is 2. The molecule has 1 fully saturated rings. The van der Waals surface area contributed by atoms with Crippen LogP contribution < -0.4 is 5.32 Å². The first-order valence-corrected chi connectivity index (χ1v) is 12.1. The fourth-order valence-electron chi connectivity index (χ4n) is 6.27. The topological polar surface area (TPSA) is 168 Å². The highest BCUT2D eigenvalue weighted by molar-refractivity contribution is 6.25. The number of phenols is 1. The van der Waals surface area contributed by atoms with Crippen LogP contribution in [0.1, 0.15) is 45.7 Å². The Labute approximate surface area is 214 Å². The van der Waals surface area contributed by atoms with E-state index in [9.17, 15) is 39.9 Å². The number of carbonyl (C=O) groups is 3. The van der Waals surface area contributed by atoms with E-state index in [0.717, 1.165) is 0 Å². The van der Waals surface area contributed by atoms with Gasteiger partial charge in [-0.25, -0.2) is 0 Å². The van der Waals surface area contributed by atoms with Crippen molar-refractivity contribution in [1.29, 1.82) is 0 Å². The molecule has 0 aromatic heterocycles. The Bertz CT molecular complexity index is 1290. The molecule has 200 valence electrons. The van der Waals surface area contributed by atoms with Crippen molar-refractivity contribution in [2.75, 3.05) is 14.1 Å². The summed E-state index contributed by atoms with van der Waals surface area (Å²) < 4.78 is 0. The molecular formula is C27H34N2O8. The van der Waals surface area contributed by atoms with Crippen LogP contribution in [0.4, 0.5) is 0 Å². The Hall–Kier alpha value is -3.21. The number of aromatic hydroxyl groups is 1. The van der Waals surface area contributed by atoms with Crippen molar-refractivity contribution in [3.8, 4) is 5.75 Å². The molecular weight excluding hydrogens is 480 g/mol. The van der Waals surface area contributed by atoms with Crippen molar-refractivity contribution in [2.24, 2.45) is 11.8 Å². The first-order chi connectivity index (χ1) is 16.9. The van der Waals surface area contributed by atoms with E-state index in [1.165, 1.54) is 25.1 Å². The smallest absolute Gasteiger partial charge is 0.258 e. The summed E-state index contributed by atoms with van der Waals surface area (Å²) in [5.41, 5.74) is -5.49. The van der Waals surface area contributed by atoms with E-state index < -0.39 is 75.1 Å². The van der Waals surface area contributed by atoms with Crippen LogP contribution in [0.2, 0.25) is 0 Å². The second kappa shape index (κ2) is 8.14. The third-order valence-corrected chi connectivity index (χ3v) is 7.82. The standard InChI is InChI=1S/C27H34N2O8/c1-25(2,3)28-24(36)15-20(32)18(29(6)7)17-21(33)16-14(22(34)27(17,37)23(15)35)19(31)13-11(26(16,4)5)9-8-10-12(13)30/h8-10,16-18,21,30-31,33,35,37H,1-7H3,(H,28,36). The fraction of sp³-hybridized carbons (Fsp3) is 0.519. The van der Waals surface area contributed by atoms with E-state index >= 15 is 0 Å². The first-order valence-electron chi connectivity index (χ1n) is 12.1. The third-order valence-electron chi connectivity index (χ3n) is 7.82. The lowest BCUT2D eigenvalue weighted by atomic mass is 9.50. The number of fused-ring (bicyclic) bond motifs is 3. The number of carbonyl (C=O) groups excluding carboxylic acids is 3. The molecule has 0 aliphatic heterocycles. The van der Waals surface area contributed by atoms with Crippen molar-refractivity contribution in [3.05, 3.63) is 46.2 Å². The minimum atomic E-state index is -2.90. The van der Waals surface area contributed by atoms with Crippen LogP contribution >= 0.6 is 0 Å². The van der Waals surface area contributed by atoms with Gasteiger partial charge in [0.2, 0.25) is 5.78 Å². The van der Waals surface area contributed by atoms with Crippen molar-refractivity contribution >= 4 is 23.2 Å². The minimum Gasteiger partial charge on any atom is -0.508 e. The molecule has 0 heterocycles. The number of ketones is 2. The number of hydrogen-bond donors (Lipinski definition) is 6. The van der Waals surface area contributed by atoms with Gasteiger partial charge in [0.05, 0.1) is 23.6 Å². The lowest BCUT2D eigenvalue weighted by Crippen LogP contribution is -2.71. The Morgan fingerprint density at radius 2 is 1.68 bits per heavy atom. The normalized spacial score (nSPS) is 31.2. The van der Waals surface area contributed by atoms with Gasteiger partial charge in [0.15, 0.2) is 11.4 Å². The third kappa shape index (κ3) is 3.53. The molecule has 0 bridgehead atoms. The molecule has 4 rings (SSSR count). The van der Waals surface area contributed by atoms with Gasteiger partial charge in [-0.3, -0.25) is 19.3 Å². The molecule has 10 heteroatoms. The maximum atomic E-state index is 14.1. The number of Topliss-reactive ketones (excluding diaryl/α,β-unsaturated/α-hetero) is 2. The lowest BCUT2D eigenvalue weighted by Gasteiger charge is -2.56. The van der Waals surface area contributed by atoms with Gasteiger partial charge in [-0.2, -0.15) is 0 Å². The van der Waals surface area contributed by atoms with Crippen LogP contribution in [-0.2, 0) is 19.8 Å². The van der Waals surface area contributed by atoms with Crippen LogP contribution in [0.25, 0.3) is 5.76 Å². The zero-order valence-electron chi connectivity index (χ0n) is 21.9. The van der Waals surface area contributed by atoms with Gasteiger partial charge in [0.1, 0.15) is 22.8 Å². The van der Waals surface area contributed by atoms with Gasteiger partial charge in [-0.15, -0.1) is 0 Å². The molecule has 1 saturated carbocycles. The van der Waals surface area contributed by atoms with Gasteiger partial charge in [0.25, 0.3) is 5.91 Å². The zero-order chi connectivity index (χ0) is 28.0. The summed E-state index contributed by atoms with van der Waals surface area (Å²) in [7, 11) is 3.01. The zero-order valence-corrected chi connectivity index (χ0v) is 21.9. The molecule has 1 amide bonds. The molecule has 3 aliphatic rings. The summed E-state index contributed by atoms with van der Waals surface area (Å²) in [6.45, 7) is 8.42. The molecule has 0 radical (unpaired) electrons. The Balaban J connectivity index is 2.05. The Morgan fingerprint density at radius 3 is 2.22 bits per heavy atom. The fourth-order valence-corrected chi connectivity index (χ4v) is 6.27. The number of aliphatic hydroxyl groups is 4. The summed E-state index contributed by atoms with van der Waals surface area (Å²) in [5, 5.41) is 59.3. The monoisotopic (exact) mass is 514 g/mol. The number of likely N-dealkylation sites (N-methyl/N-ethyl adjacent to an activating group) is 1. The van der Waals surface area contributed by atoms with E-state index in [4.69, 9.17) is 0 Å². The molecule has 3 aliphatic carbocycles. The second-order valence-corrected chi connectivity index (χ2v) is 12.0. The average molecular weight is 515 g/mol. The van der Waals surface area contributed by atoms with Crippen molar-refractivity contribution in [3.63, 3.8) is 0 Å². The van der Waals surface area contributed by atoms with Crippen molar-refractivity contribution in [2.45, 2.75) is 63.3 Å². The average Bonchev–Trinajstić information content (AvgIpc) is 2.75. The van der Waals surface area contributed by atoms with Gasteiger partial charge in [0, 0.05) is 22.4 Å². The number of phenolic OH excluding ortho intramolecular Hbond substituents is 1. The minimum absolute atomic E-state index is 0.0217. The molecule has 0 saturated heterocycles. The van der Waals surface area contributed by atoms with E-state index in [1.807, 2.05) is 0 Å². The lowest BCUT2D eigenvalue weighted by molar-refractivity contribution is -0.171. The van der Waals surface area contributed by atoms with E-state index in [1.54, 1.807) is 46.8 Å². The van der Waals surface area contributed by atoms with Gasteiger partial charge in [-0.1, -0.05) is 26.0 Å². The van der Waals surface area contributed by atoms with Crippen LogP contribution in [0.3, 0.4) is 0 Å². The van der Waals surface area contributed by atoms with Crippen molar-refractivity contribution < 1.29 is 39.9 Å².